The first-order chi connectivity index (χ1) is 10.0. The minimum Gasteiger partial charge on any atom is -0.393 e. The molecule has 2 heterocycles. The Morgan fingerprint density at radius 1 is 1.24 bits per heavy atom. The Labute approximate surface area is 126 Å². The lowest BCUT2D eigenvalue weighted by molar-refractivity contribution is 0.109. The molecule has 0 spiro atoms. The van der Waals surface area contributed by atoms with Gasteiger partial charge in [-0.15, -0.1) is 0 Å². The summed E-state index contributed by atoms with van der Waals surface area (Å²) in [5, 5.41) is 9.67. The third-order valence-corrected chi connectivity index (χ3v) is 4.18. The number of anilines is 3. The van der Waals surface area contributed by atoms with Crippen molar-refractivity contribution in [1.82, 2.24) is 15.0 Å². The molecule has 0 saturated carbocycles. The molecule has 118 valence electrons. The van der Waals surface area contributed by atoms with Crippen LogP contribution < -0.4 is 15.5 Å². The van der Waals surface area contributed by atoms with Crippen LogP contribution in [0.4, 0.5) is 17.8 Å². The van der Waals surface area contributed by atoms with E-state index in [0.717, 1.165) is 39.0 Å². The maximum atomic E-state index is 9.67. The standard InChI is InChI=1S/C14H26N6O/c1-4-19(5-2)13-16-12(15)17-14(18-13)20-8-6-11(7-9-20)10(3)21/h10-11,21H,4-9H2,1-3H3,(H2,15,16,17,18). The maximum absolute atomic E-state index is 9.67. The molecule has 1 fully saturated rings. The van der Waals surface area contributed by atoms with Gasteiger partial charge < -0.3 is 20.6 Å². The maximum Gasteiger partial charge on any atom is 0.231 e. The molecule has 0 aliphatic carbocycles. The molecule has 7 heteroatoms. The SMILES string of the molecule is CCN(CC)c1nc(N)nc(N2CCC(C(C)O)CC2)n1. The Morgan fingerprint density at radius 2 is 1.86 bits per heavy atom. The lowest BCUT2D eigenvalue weighted by Crippen LogP contribution is -2.38. The van der Waals surface area contributed by atoms with Gasteiger partial charge in [0.25, 0.3) is 0 Å². The van der Waals surface area contributed by atoms with Crippen molar-refractivity contribution in [3.63, 3.8) is 0 Å². The second kappa shape index (κ2) is 6.89. The first kappa shape index (κ1) is 15.8. The number of nitrogens with zero attached hydrogens (tertiary/aromatic N) is 5. The van der Waals surface area contributed by atoms with Gasteiger partial charge in [0.1, 0.15) is 0 Å². The Kier molecular flexibility index (Phi) is 5.17. The van der Waals surface area contributed by atoms with Gasteiger partial charge in [0.05, 0.1) is 6.10 Å². The van der Waals surface area contributed by atoms with Crippen LogP contribution in [-0.4, -0.2) is 52.3 Å². The molecule has 0 bridgehead atoms. The average Bonchev–Trinajstić information content (AvgIpc) is 2.48. The Bertz CT molecular complexity index is 455. The van der Waals surface area contributed by atoms with Crippen molar-refractivity contribution >= 4 is 17.8 Å². The zero-order chi connectivity index (χ0) is 15.4. The van der Waals surface area contributed by atoms with Crippen LogP contribution in [0, 0.1) is 5.92 Å². The van der Waals surface area contributed by atoms with Crippen molar-refractivity contribution in [2.75, 3.05) is 41.7 Å². The number of hydrogen-bond donors (Lipinski definition) is 2. The molecule has 7 nitrogen and oxygen atoms in total. The van der Waals surface area contributed by atoms with Crippen molar-refractivity contribution < 1.29 is 5.11 Å². The number of piperidine rings is 1. The Balaban J connectivity index is 2.13. The highest BCUT2D eigenvalue weighted by Crippen LogP contribution is 2.24. The summed E-state index contributed by atoms with van der Waals surface area (Å²) < 4.78 is 0. The van der Waals surface area contributed by atoms with Crippen molar-refractivity contribution in [1.29, 1.82) is 0 Å². The Morgan fingerprint density at radius 3 is 2.38 bits per heavy atom. The van der Waals surface area contributed by atoms with Gasteiger partial charge in [-0.1, -0.05) is 0 Å². The average molecular weight is 294 g/mol. The predicted molar refractivity (Wildman–Crippen MR) is 84.4 cm³/mol. The molecule has 1 unspecified atom stereocenters. The summed E-state index contributed by atoms with van der Waals surface area (Å²) in [7, 11) is 0. The molecule has 1 aliphatic rings. The van der Waals surface area contributed by atoms with E-state index in [0.29, 0.717) is 17.8 Å². The summed E-state index contributed by atoms with van der Waals surface area (Å²) in [5.74, 6) is 1.91. The first-order valence-corrected chi connectivity index (χ1v) is 7.74. The summed E-state index contributed by atoms with van der Waals surface area (Å²) in [6.07, 6.45) is 1.65. The minimum atomic E-state index is -0.248. The molecule has 1 aromatic rings. The number of nitrogen functional groups attached to an aromatic ring is 1. The van der Waals surface area contributed by atoms with E-state index in [2.05, 4.69) is 38.6 Å². The Hall–Kier alpha value is -1.63. The van der Waals surface area contributed by atoms with Crippen LogP contribution in [0.2, 0.25) is 0 Å². The topological polar surface area (TPSA) is 91.4 Å². The number of aliphatic hydroxyl groups excluding tert-OH is 1. The van der Waals surface area contributed by atoms with Crippen LogP contribution in [-0.2, 0) is 0 Å². The molecule has 1 atom stereocenters. The molecule has 21 heavy (non-hydrogen) atoms. The summed E-state index contributed by atoms with van der Waals surface area (Å²) in [6.45, 7) is 9.36. The molecule has 3 N–H and O–H groups in total. The summed E-state index contributed by atoms with van der Waals surface area (Å²) in [6, 6.07) is 0. The minimum absolute atomic E-state index is 0.248. The van der Waals surface area contributed by atoms with E-state index in [9.17, 15) is 5.11 Å². The molecule has 2 rings (SSSR count). The van der Waals surface area contributed by atoms with Gasteiger partial charge in [0, 0.05) is 26.2 Å². The van der Waals surface area contributed by atoms with Gasteiger partial charge in [-0.2, -0.15) is 15.0 Å². The van der Waals surface area contributed by atoms with E-state index < -0.39 is 0 Å². The normalized spacial score (nSPS) is 17.8. The zero-order valence-corrected chi connectivity index (χ0v) is 13.2. The van der Waals surface area contributed by atoms with Crippen LogP contribution in [0.3, 0.4) is 0 Å². The number of aliphatic hydroxyl groups is 1. The van der Waals surface area contributed by atoms with Crippen LogP contribution in [0.15, 0.2) is 0 Å². The molecule has 0 amide bonds. The van der Waals surface area contributed by atoms with E-state index in [1.165, 1.54) is 0 Å². The third-order valence-electron chi connectivity index (χ3n) is 4.18. The van der Waals surface area contributed by atoms with E-state index in [-0.39, 0.29) is 12.1 Å². The van der Waals surface area contributed by atoms with Gasteiger partial charge in [0.2, 0.25) is 17.8 Å². The second-order valence-electron chi connectivity index (χ2n) is 5.53. The third kappa shape index (κ3) is 3.72. The van der Waals surface area contributed by atoms with Gasteiger partial charge >= 0.3 is 0 Å². The molecule has 1 aromatic heterocycles. The monoisotopic (exact) mass is 294 g/mol. The van der Waals surface area contributed by atoms with E-state index >= 15 is 0 Å². The lowest BCUT2D eigenvalue weighted by atomic mass is 9.92. The van der Waals surface area contributed by atoms with Crippen molar-refractivity contribution in [2.45, 2.75) is 39.7 Å². The van der Waals surface area contributed by atoms with E-state index in [4.69, 9.17) is 5.73 Å². The summed E-state index contributed by atoms with van der Waals surface area (Å²) >= 11 is 0. The van der Waals surface area contributed by atoms with Crippen LogP contribution in [0.5, 0.6) is 0 Å². The van der Waals surface area contributed by atoms with Crippen molar-refractivity contribution in [2.24, 2.45) is 5.92 Å². The molecule has 1 saturated heterocycles. The molecule has 1 aliphatic heterocycles. The second-order valence-corrected chi connectivity index (χ2v) is 5.53. The molecule has 0 aromatic carbocycles. The number of rotatable bonds is 5. The van der Waals surface area contributed by atoms with Gasteiger partial charge in [-0.25, -0.2) is 0 Å². The van der Waals surface area contributed by atoms with Gasteiger partial charge in [-0.3, -0.25) is 0 Å². The van der Waals surface area contributed by atoms with Crippen molar-refractivity contribution in [3.05, 3.63) is 0 Å². The quantitative estimate of drug-likeness (QED) is 0.833. The fraction of sp³-hybridized carbons (Fsp3) is 0.786. The fourth-order valence-corrected chi connectivity index (χ4v) is 2.74. The molecular weight excluding hydrogens is 268 g/mol. The number of aromatic nitrogens is 3. The smallest absolute Gasteiger partial charge is 0.231 e. The van der Waals surface area contributed by atoms with Crippen LogP contribution >= 0.6 is 0 Å². The van der Waals surface area contributed by atoms with E-state index in [1.54, 1.807) is 0 Å². The molecule has 0 radical (unpaired) electrons. The number of nitrogens with two attached hydrogens (primary N) is 1. The highest BCUT2D eigenvalue weighted by atomic mass is 16.3. The lowest BCUT2D eigenvalue weighted by Gasteiger charge is -2.33. The largest absolute Gasteiger partial charge is 0.393 e. The predicted octanol–water partition coefficient (Wildman–Crippen LogP) is 0.897. The zero-order valence-electron chi connectivity index (χ0n) is 13.2. The highest BCUT2D eigenvalue weighted by Gasteiger charge is 2.25. The highest BCUT2D eigenvalue weighted by molar-refractivity contribution is 5.43. The molecular formula is C14H26N6O. The summed E-state index contributed by atoms with van der Waals surface area (Å²) in [5.41, 5.74) is 5.83. The number of hydrogen-bond acceptors (Lipinski definition) is 7. The van der Waals surface area contributed by atoms with Crippen molar-refractivity contribution in [3.8, 4) is 0 Å². The van der Waals surface area contributed by atoms with Gasteiger partial charge in [0.15, 0.2) is 0 Å². The van der Waals surface area contributed by atoms with E-state index in [1.807, 2.05) is 6.92 Å². The van der Waals surface area contributed by atoms with Crippen LogP contribution in [0.1, 0.15) is 33.6 Å². The summed E-state index contributed by atoms with van der Waals surface area (Å²) in [4.78, 5) is 17.2. The fourth-order valence-electron chi connectivity index (χ4n) is 2.74. The first-order valence-electron chi connectivity index (χ1n) is 7.74. The van der Waals surface area contributed by atoms with Crippen LogP contribution in [0.25, 0.3) is 0 Å². The van der Waals surface area contributed by atoms with Gasteiger partial charge in [-0.05, 0) is 39.5 Å².